The standard InChI is InChI=1S/C16H23F2N/c1-13-6-5-9-15(11-10-13)19-12-16(17,18)14-7-3-2-4-8-14/h2-4,7-8,13,15,19H,5-6,9-12H2,1H3. The lowest BCUT2D eigenvalue weighted by Gasteiger charge is -2.22. The van der Waals surface area contributed by atoms with Crippen molar-refractivity contribution in [1.29, 1.82) is 0 Å². The van der Waals surface area contributed by atoms with Crippen molar-refractivity contribution < 1.29 is 8.78 Å². The highest BCUT2D eigenvalue weighted by Crippen LogP contribution is 2.28. The third kappa shape index (κ3) is 4.27. The van der Waals surface area contributed by atoms with E-state index in [0.29, 0.717) is 0 Å². The average Bonchev–Trinajstić information content (AvgIpc) is 2.62. The molecule has 0 bridgehead atoms. The number of alkyl halides is 2. The number of benzene rings is 1. The number of hydrogen-bond acceptors (Lipinski definition) is 1. The van der Waals surface area contributed by atoms with Crippen molar-refractivity contribution in [2.75, 3.05) is 6.54 Å². The van der Waals surface area contributed by atoms with Crippen molar-refractivity contribution >= 4 is 0 Å². The van der Waals surface area contributed by atoms with Gasteiger partial charge in [0.15, 0.2) is 0 Å². The fraction of sp³-hybridized carbons (Fsp3) is 0.625. The van der Waals surface area contributed by atoms with Crippen molar-refractivity contribution in [2.45, 2.75) is 51.0 Å². The lowest BCUT2D eigenvalue weighted by Crippen LogP contribution is -2.37. The van der Waals surface area contributed by atoms with Crippen LogP contribution in [0.3, 0.4) is 0 Å². The van der Waals surface area contributed by atoms with E-state index in [1.165, 1.54) is 18.6 Å². The Morgan fingerprint density at radius 3 is 2.58 bits per heavy atom. The smallest absolute Gasteiger partial charge is 0.285 e. The van der Waals surface area contributed by atoms with Gasteiger partial charge in [-0.2, -0.15) is 8.78 Å². The molecule has 106 valence electrons. The van der Waals surface area contributed by atoms with Crippen molar-refractivity contribution in [2.24, 2.45) is 5.92 Å². The summed E-state index contributed by atoms with van der Waals surface area (Å²) in [6.07, 6.45) is 5.57. The second kappa shape index (κ2) is 6.47. The summed E-state index contributed by atoms with van der Waals surface area (Å²) in [6.45, 7) is 2.00. The van der Waals surface area contributed by atoms with Crippen molar-refractivity contribution in [1.82, 2.24) is 5.32 Å². The molecule has 2 unspecified atom stereocenters. The van der Waals surface area contributed by atoms with Crippen LogP contribution in [0.25, 0.3) is 0 Å². The first-order valence-corrected chi connectivity index (χ1v) is 7.24. The molecule has 0 aromatic heterocycles. The van der Waals surface area contributed by atoms with Crippen molar-refractivity contribution in [3.63, 3.8) is 0 Å². The van der Waals surface area contributed by atoms with Crippen LogP contribution >= 0.6 is 0 Å². The van der Waals surface area contributed by atoms with Gasteiger partial charge < -0.3 is 5.32 Å². The topological polar surface area (TPSA) is 12.0 Å². The third-order valence-corrected chi connectivity index (χ3v) is 4.07. The Morgan fingerprint density at radius 2 is 1.84 bits per heavy atom. The Kier molecular flexibility index (Phi) is 4.92. The molecule has 0 heterocycles. The highest BCUT2D eigenvalue weighted by molar-refractivity contribution is 5.20. The highest BCUT2D eigenvalue weighted by atomic mass is 19.3. The summed E-state index contributed by atoms with van der Waals surface area (Å²) < 4.78 is 28.1. The molecular weight excluding hydrogens is 244 g/mol. The van der Waals surface area contributed by atoms with Gasteiger partial charge in [-0.3, -0.25) is 0 Å². The van der Waals surface area contributed by atoms with Crippen LogP contribution in [0.5, 0.6) is 0 Å². The molecule has 2 atom stereocenters. The molecule has 1 aliphatic rings. The molecule has 19 heavy (non-hydrogen) atoms. The van der Waals surface area contributed by atoms with Gasteiger partial charge in [-0.25, -0.2) is 0 Å². The first-order valence-electron chi connectivity index (χ1n) is 7.24. The molecule has 2 rings (SSSR count). The Labute approximate surface area is 114 Å². The fourth-order valence-electron chi connectivity index (χ4n) is 2.75. The molecule has 0 saturated heterocycles. The van der Waals surface area contributed by atoms with E-state index in [9.17, 15) is 8.78 Å². The molecule has 0 aliphatic heterocycles. The molecule has 1 fully saturated rings. The number of nitrogens with one attached hydrogen (secondary N) is 1. The number of halogens is 2. The number of rotatable bonds is 4. The van der Waals surface area contributed by atoms with Crippen LogP contribution in [0.2, 0.25) is 0 Å². The van der Waals surface area contributed by atoms with Crippen LogP contribution in [0.4, 0.5) is 8.78 Å². The van der Waals surface area contributed by atoms with Gasteiger partial charge in [-0.15, -0.1) is 0 Å². The van der Waals surface area contributed by atoms with Gasteiger partial charge in [-0.05, 0) is 25.2 Å². The summed E-state index contributed by atoms with van der Waals surface area (Å²) in [5.41, 5.74) is 0.101. The minimum Gasteiger partial charge on any atom is -0.308 e. The van der Waals surface area contributed by atoms with E-state index < -0.39 is 5.92 Å². The van der Waals surface area contributed by atoms with Gasteiger partial charge in [0.1, 0.15) is 0 Å². The fourth-order valence-corrected chi connectivity index (χ4v) is 2.75. The normalized spacial score (nSPS) is 25.0. The Hall–Kier alpha value is -0.960. The lowest BCUT2D eigenvalue weighted by atomic mass is 10.0. The number of hydrogen-bond donors (Lipinski definition) is 1. The molecule has 1 aromatic rings. The third-order valence-electron chi connectivity index (χ3n) is 4.07. The maximum atomic E-state index is 14.0. The van der Waals surface area contributed by atoms with Gasteiger partial charge in [0, 0.05) is 11.6 Å². The van der Waals surface area contributed by atoms with Gasteiger partial charge in [0.05, 0.1) is 6.54 Å². The summed E-state index contributed by atoms with van der Waals surface area (Å²) in [6, 6.07) is 8.33. The predicted molar refractivity (Wildman–Crippen MR) is 74.4 cm³/mol. The predicted octanol–water partition coefficient (Wildman–Crippen LogP) is 4.34. The molecule has 3 heteroatoms. The summed E-state index contributed by atoms with van der Waals surface area (Å²) in [5, 5.41) is 3.07. The van der Waals surface area contributed by atoms with Crippen LogP contribution < -0.4 is 5.32 Å². The zero-order valence-electron chi connectivity index (χ0n) is 11.5. The summed E-state index contributed by atoms with van der Waals surface area (Å²) in [7, 11) is 0. The van der Waals surface area contributed by atoms with E-state index in [-0.39, 0.29) is 18.2 Å². The molecule has 1 nitrogen and oxygen atoms in total. The van der Waals surface area contributed by atoms with Crippen LogP contribution in [-0.4, -0.2) is 12.6 Å². The largest absolute Gasteiger partial charge is 0.308 e. The molecule has 0 spiro atoms. The van der Waals surface area contributed by atoms with E-state index in [1.54, 1.807) is 18.2 Å². The van der Waals surface area contributed by atoms with E-state index >= 15 is 0 Å². The van der Waals surface area contributed by atoms with Gasteiger partial charge in [0.2, 0.25) is 0 Å². The van der Waals surface area contributed by atoms with E-state index in [4.69, 9.17) is 0 Å². The van der Waals surface area contributed by atoms with E-state index in [1.807, 2.05) is 0 Å². The molecule has 1 aliphatic carbocycles. The van der Waals surface area contributed by atoms with E-state index in [2.05, 4.69) is 12.2 Å². The quantitative estimate of drug-likeness (QED) is 0.800. The lowest BCUT2D eigenvalue weighted by molar-refractivity contribution is -0.00617. The molecule has 1 aromatic carbocycles. The van der Waals surface area contributed by atoms with E-state index in [0.717, 1.165) is 31.6 Å². The maximum Gasteiger partial charge on any atom is 0.285 e. The minimum atomic E-state index is -2.78. The Morgan fingerprint density at radius 1 is 1.11 bits per heavy atom. The van der Waals surface area contributed by atoms with Crippen LogP contribution in [0.1, 0.15) is 44.6 Å². The molecule has 0 radical (unpaired) electrons. The first-order chi connectivity index (χ1) is 9.08. The Balaban J connectivity index is 1.87. The zero-order valence-corrected chi connectivity index (χ0v) is 11.5. The monoisotopic (exact) mass is 267 g/mol. The minimum absolute atomic E-state index is 0.101. The van der Waals surface area contributed by atoms with Crippen LogP contribution in [-0.2, 0) is 5.92 Å². The first kappa shape index (κ1) is 14.4. The Bertz CT molecular complexity index is 378. The van der Waals surface area contributed by atoms with Crippen LogP contribution in [0.15, 0.2) is 30.3 Å². The van der Waals surface area contributed by atoms with Gasteiger partial charge >= 0.3 is 0 Å². The summed E-state index contributed by atoms with van der Waals surface area (Å²) in [5.74, 6) is -2.04. The van der Waals surface area contributed by atoms with Crippen LogP contribution in [0, 0.1) is 5.92 Å². The molecular formula is C16H23F2N. The highest BCUT2D eigenvalue weighted by Gasteiger charge is 2.31. The second-order valence-corrected chi connectivity index (χ2v) is 5.76. The summed E-state index contributed by atoms with van der Waals surface area (Å²) in [4.78, 5) is 0. The zero-order chi connectivity index (χ0) is 13.7. The average molecular weight is 267 g/mol. The molecule has 1 N–H and O–H groups in total. The van der Waals surface area contributed by atoms with Crippen molar-refractivity contribution in [3.8, 4) is 0 Å². The maximum absolute atomic E-state index is 14.0. The molecule has 0 amide bonds. The summed E-state index contributed by atoms with van der Waals surface area (Å²) >= 11 is 0. The SMILES string of the molecule is CC1CCCC(NCC(F)(F)c2ccccc2)CC1. The van der Waals surface area contributed by atoms with Gasteiger partial charge in [0.25, 0.3) is 5.92 Å². The molecule has 1 saturated carbocycles. The second-order valence-electron chi connectivity index (χ2n) is 5.76. The van der Waals surface area contributed by atoms with Crippen molar-refractivity contribution in [3.05, 3.63) is 35.9 Å². The van der Waals surface area contributed by atoms with Gasteiger partial charge in [-0.1, -0.05) is 50.1 Å².